The Bertz CT molecular complexity index is 768. The van der Waals surface area contributed by atoms with Crippen molar-refractivity contribution in [1.82, 2.24) is 9.97 Å². The molecule has 2 aromatic heterocycles. The zero-order chi connectivity index (χ0) is 14.7. The Morgan fingerprint density at radius 2 is 1.95 bits per heavy atom. The van der Waals surface area contributed by atoms with E-state index >= 15 is 0 Å². The third-order valence-corrected chi connectivity index (χ3v) is 3.74. The van der Waals surface area contributed by atoms with Gasteiger partial charge in [0.25, 0.3) is 5.91 Å². The van der Waals surface area contributed by atoms with E-state index in [0.29, 0.717) is 5.69 Å². The van der Waals surface area contributed by atoms with Gasteiger partial charge in [0.15, 0.2) is 0 Å². The van der Waals surface area contributed by atoms with Crippen LogP contribution in [0.2, 0.25) is 0 Å². The number of hydrogen-bond acceptors (Lipinski definition) is 4. The second-order valence-electron chi connectivity index (χ2n) is 4.47. The Labute approximate surface area is 126 Å². The van der Waals surface area contributed by atoms with E-state index in [1.54, 1.807) is 35.7 Å². The maximum Gasteiger partial charge on any atom is 0.274 e. The van der Waals surface area contributed by atoms with Gasteiger partial charge in [0, 0.05) is 17.1 Å². The van der Waals surface area contributed by atoms with Gasteiger partial charge in [-0.05, 0) is 25.1 Å². The summed E-state index contributed by atoms with van der Waals surface area (Å²) in [5, 5.41) is 5.88. The Hall–Kier alpha value is -2.53. The number of nitrogens with zero attached hydrogens (tertiary/aromatic N) is 2. The standard InChI is InChI=1S/C16H13N3OS/c1-11-18-15(10-21-11)12-6-2-3-7-13(12)19-16(20)14-8-4-5-9-17-14/h2-10H,1H3,(H,19,20). The Kier molecular flexibility index (Phi) is 3.75. The van der Waals surface area contributed by atoms with E-state index < -0.39 is 0 Å². The molecule has 0 saturated carbocycles. The van der Waals surface area contributed by atoms with E-state index in [9.17, 15) is 4.79 Å². The molecule has 0 bridgehead atoms. The second-order valence-corrected chi connectivity index (χ2v) is 5.53. The molecule has 0 radical (unpaired) electrons. The second kappa shape index (κ2) is 5.85. The lowest BCUT2D eigenvalue weighted by atomic mass is 10.1. The fourth-order valence-electron chi connectivity index (χ4n) is 1.99. The number of carbonyl (C=O) groups excluding carboxylic acids is 1. The molecule has 0 unspecified atom stereocenters. The maximum absolute atomic E-state index is 12.2. The highest BCUT2D eigenvalue weighted by Crippen LogP contribution is 2.28. The van der Waals surface area contributed by atoms with E-state index in [1.165, 1.54) is 0 Å². The number of aromatic nitrogens is 2. The van der Waals surface area contributed by atoms with Crippen molar-refractivity contribution in [3.8, 4) is 11.3 Å². The van der Waals surface area contributed by atoms with Crippen molar-refractivity contribution in [2.75, 3.05) is 5.32 Å². The lowest BCUT2D eigenvalue weighted by Gasteiger charge is -2.09. The molecule has 3 aromatic rings. The van der Waals surface area contributed by atoms with Crippen LogP contribution in [0.1, 0.15) is 15.5 Å². The van der Waals surface area contributed by atoms with Crippen LogP contribution in [-0.2, 0) is 0 Å². The van der Waals surface area contributed by atoms with Crippen molar-refractivity contribution in [2.24, 2.45) is 0 Å². The lowest BCUT2D eigenvalue weighted by Crippen LogP contribution is -2.13. The number of aryl methyl sites for hydroxylation is 1. The number of thiazole rings is 1. The molecule has 21 heavy (non-hydrogen) atoms. The molecule has 0 fully saturated rings. The zero-order valence-electron chi connectivity index (χ0n) is 11.4. The summed E-state index contributed by atoms with van der Waals surface area (Å²) in [5.41, 5.74) is 2.90. The van der Waals surface area contributed by atoms with E-state index in [2.05, 4.69) is 15.3 Å². The van der Waals surface area contributed by atoms with Gasteiger partial charge < -0.3 is 5.32 Å². The number of hydrogen-bond donors (Lipinski definition) is 1. The number of benzene rings is 1. The van der Waals surface area contributed by atoms with Crippen LogP contribution in [0, 0.1) is 6.92 Å². The first kappa shape index (κ1) is 13.5. The molecular weight excluding hydrogens is 282 g/mol. The van der Waals surface area contributed by atoms with Crippen molar-refractivity contribution >= 4 is 22.9 Å². The van der Waals surface area contributed by atoms with Crippen molar-refractivity contribution in [3.05, 3.63) is 64.7 Å². The summed E-state index contributed by atoms with van der Waals surface area (Å²) in [6, 6.07) is 12.9. The number of carbonyl (C=O) groups is 1. The molecule has 104 valence electrons. The number of nitrogens with one attached hydrogen (secondary N) is 1. The molecule has 1 aromatic carbocycles. The first-order valence-corrected chi connectivity index (χ1v) is 7.36. The molecule has 0 aliphatic rings. The molecule has 0 saturated heterocycles. The van der Waals surface area contributed by atoms with E-state index in [4.69, 9.17) is 0 Å². The minimum atomic E-state index is -0.227. The predicted octanol–water partition coefficient (Wildman–Crippen LogP) is 3.77. The quantitative estimate of drug-likeness (QED) is 0.800. The topological polar surface area (TPSA) is 54.9 Å². The molecule has 3 rings (SSSR count). The summed E-state index contributed by atoms with van der Waals surface area (Å²) in [5.74, 6) is -0.227. The van der Waals surface area contributed by atoms with Crippen LogP contribution in [0.4, 0.5) is 5.69 Å². The molecule has 2 heterocycles. The van der Waals surface area contributed by atoms with E-state index in [0.717, 1.165) is 22.0 Å². The number of amides is 1. The average Bonchev–Trinajstić information content (AvgIpc) is 2.95. The van der Waals surface area contributed by atoms with Gasteiger partial charge in [-0.2, -0.15) is 0 Å². The predicted molar refractivity (Wildman–Crippen MR) is 84.5 cm³/mol. The van der Waals surface area contributed by atoms with Crippen LogP contribution in [0.5, 0.6) is 0 Å². The van der Waals surface area contributed by atoms with E-state index in [1.807, 2.05) is 36.6 Å². The number of rotatable bonds is 3. The van der Waals surface area contributed by atoms with Crippen molar-refractivity contribution < 1.29 is 4.79 Å². The summed E-state index contributed by atoms with van der Waals surface area (Å²) in [6.45, 7) is 1.96. The maximum atomic E-state index is 12.2. The third kappa shape index (κ3) is 2.98. The smallest absolute Gasteiger partial charge is 0.274 e. The lowest BCUT2D eigenvalue weighted by molar-refractivity contribution is 0.102. The molecular formula is C16H13N3OS. The van der Waals surface area contributed by atoms with Crippen molar-refractivity contribution in [1.29, 1.82) is 0 Å². The monoisotopic (exact) mass is 295 g/mol. The fraction of sp³-hybridized carbons (Fsp3) is 0.0625. The first-order valence-electron chi connectivity index (χ1n) is 6.48. The zero-order valence-corrected chi connectivity index (χ0v) is 12.2. The van der Waals surface area contributed by atoms with Gasteiger partial charge >= 0.3 is 0 Å². The molecule has 0 atom stereocenters. The summed E-state index contributed by atoms with van der Waals surface area (Å²) in [4.78, 5) is 20.7. The number of para-hydroxylation sites is 1. The third-order valence-electron chi connectivity index (χ3n) is 2.97. The molecule has 0 aliphatic carbocycles. The fourth-order valence-corrected chi connectivity index (χ4v) is 2.60. The van der Waals surface area contributed by atoms with E-state index in [-0.39, 0.29) is 5.91 Å². The van der Waals surface area contributed by atoms with Gasteiger partial charge in [-0.3, -0.25) is 9.78 Å². The largest absolute Gasteiger partial charge is 0.320 e. The van der Waals surface area contributed by atoms with Crippen molar-refractivity contribution in [2.45, 2.75) is 6.92 Å². The Morgan fingerprint density at radius 1 is 1.14 bits per heavy atom. The van der Waals surface area contributed by atoms with Gasteiger partial charge in [-0.15, -0.1) is 11.3 Å². The highest BCUT2D eigenvalue weighted by molar-refractivity contribution is 7.09. The molecule has 0 spiro atoms. The molecule has 1 amide bonds. The molecule has 4 nitrogen and oxygen atoms in total. The van der Waals surface area contributed by atoms with Gasteiger partial charge in [-0.25, -0.2) is 4.98 Å². The van der Waals surface area contributed by atoms with Crippen LogP contribution in [-0.4, -0.2) is 15.9 Å². The van der Waals surface area contributed by atoms with Gasteiger partial charge in [0.2, 0.25) is 0 Å². The normalized spacial score (nSPS) is 10.3. The summed E-state index contributed by atoms with van der Waals surface area (Å²) in [6.07, 6.45) is 1.60. The minimum absolute atomic E-state index is 0.227. The molecule has 5 heteroatoms. The Balaban J connectivity index is 1.91. The van der Waals surface area contributed by atoms with Crippen LogP contribution < -0.4 is 5.32 Å². The minimum Gasteiger partial charge on any atom is -0.320 e. The van der Waals surface area contributed by atoms with Crippen LogP contribution in [0.3, 0.4) is 0 Å². The first-order chi connectivity index (χ1) is 10.2. The molecule has 1 N–H and O–H groups in total. The Morgan fingerprint density at radius 3 is 2.67 bits per heavy atom. The van der Waals surface area contributed by atoms with Gasteiger partial charge in [0.05, 0.1) is 16.4 Å². The van der Waals surface area contributed by atoms with Crippen molar-refractivity contribution in [3.63, 3.8) is 0 Å². The highest BCUT2D eigenvalue weighted by atomic mass is 32.1. The SMILES string of the molecule is Cc1nc(-c2ccccc2NC(=O)c2ccccn2)cs1. The summed E-state index contributed by atoms with van der Waals surface area (Å²) < 4.78 is 0. The van der Waals surface area contributed by atoms with Gasteiger partial charge in [0.1, 0.15) is 5.69 Å². The van der Waals surface area contributed by atoms with Crippen LogP contribution in [0.25, 0.3) is 11.3 Å². The summed E-state index contributed by atoms with van der Waals surface area (Å²) in [7, 11) is 0. The number of anilines is 1. The highest BCUT2D eigenvalue weighted by Gasteiger charge is 2.12. The molecule has 0 aliphatic heterocycles. The number of pyridine rings is 1. The van der Waals surface area contributed by atoms with Gasteiger partial charge in [-0.1, -0.05) is 24.3 Å². The van der Waals surface area contributed by atoms with Crippen LogP contribution in [0.15, 0.2) is 54.0 Å². The average molecular weight is 295 g/mol. The van der Waals surface area contributed by atoms with Crippen LogP contribution >= 0.6 is 11.3 Å². The summed E-state index contributed by atoms with van der Waals surface area (Å²) >= 11 is 1.59.